The van der Waals surface area contributed by atoms with E-state index in [1.54, 1.807) is 7.11 Å². The molecular formula is C10H20N2O2. The van der Waals surface area contributed by atoms with Gasteiger partial charge in [0.15, 0.2) is 0 Å². The minimum Gasteiger partial charge on any atom is -0.385 e. The Morgan fingerprint density at radius 2 is 2.43 bits per heavy atom. The lowest BCUT2D eigenvalue weighted by atomic mass is 9.84. The first-order valence-corrected chi connectivity index (χ1v) is 5.15. The van der Waals surface area contributed by atoms with Crippen molar-refractivity contribution in [1.82, 2.24) is 5.32 Å². The van der Waals surface area contributed by atoms with Crippen LogP contribution in [0.15, 0.2) is 0 Å². The third-order valence-electron chi connectivity index (χ3n) is 3.38. The van der Waals surface area contributed by atoms with Gasteiger partial charge in [-0.1, -0.05) is 6.42 Å². The van der Waals surface area contributed by atoms with Crippen LogP contribution in [0, 0.1) is 5.92 Å². The van der Waals surface area contributed by atoms with Crippen molar-refractivity contribution in [2.75, 3.05) is 20.8 Å². The molecule has 1 aliphatic carbocycles. The molecule has 0 aromatic rings. The molecular weight excluding hydrogens is 180 g/mol. The summed E-state index contributed by atoms with van der Waals surface area (Å²) in [6, 6.07) is 0. The molecule has 82 valence electrons. The number of amides is 1. The monoisotopic (exact) mass is 200 g/mol. The van der Waals surface area contributed by atoms with Gasteiger partial charge in [0.1, 0.15) is 5.54 Å². The molecule has 0 aromatic heterocycles. The molecule has 3 N–H and O–H groups in total. The second-order valence-electron chi connectivity index (χ2n) is 3.96. The molecule has 1 amide bonds. The van der Waals surface area contributed by atoms with E-state index in [0.29, 0.717) is 12.5 Å². The Hall–Kier alpha value is -0.610. The summed E-state index contributed by atoms with van der Waals surface area (Å²) >= 11 is 0. The van der Waals surface area contributed by atoms with Crippen LogP contribution in [-0.4, -0.2) is 32.2 Å². The fourth-order valence-corrected chi connectivity index (χ4v) is 2.51. The predicted molar refractivity (Wildman–Crippen MR) is 54.8 cm³/mol. The minimum atomic E-state index is -0.488. The van der Waals surface area contributed by atoms with Crippen LogP contribution in [0.2, 0.25) is 0 Å². The Balaban J connectivity index is 2.67. The molecule has 0 heterocycles. The van der Waals surface area contributed by atoms with E-state index in [-0.39, 0.29) is 5.91 Å². The topological polar surface area (TPSA) is 64.3 Å². The molecule has 2 unspecified atom stereocenters. The van der Waals surface area contributed by atoms with Crippen LogP contribution >= 0.6 is 0 Å². The summed E-state index contributed by atoms with van der Waals surface area (Å²) in [6.45, 7) is 0.696. The van der Waals surface area contributed by atoms with E-state index >= 15 is 0 Å². The van der Waals surface area contributed by atoms with Crippen molar-refractivity contribution in [3.8, 4) is 0 Å². The van der Waals surface area contributed by atoms with Gasteiger partial charge in [-0.05, 0) is 32.2 Å². The smallest absolute Gasteiger partial charge is 0.238 e. The van der Waals surface area contributed by atoms with Gasteiger partial charge in [-0.15, -0.1) is 0 Å². The van der Waals surface area contributed by atoms with Gasteiger partial charge in [-0.25, -0.2) is 0 Å². The molecule has 0 bridgehead atoms. The lowest BCUT2D eigenvalue weighted by Gasteiger charge is -2.32. The van der Waals surface area contributed by atoms with Gasteiger partial charge in [0.2, 0.25) is 5.91 Å². The number of rotatable bonds is 5. The highest BCUT2D eigenvalue weighted by Crippen LogP contribution is 2.37. The Kier molecular flexibility index (Phi) is 3.89. The summed E-state index contributed by atoms with van der Waals surface area (Å²) in [5.74, 6) is 0.101. The van der Waals surface area contributed by atoms with Gasteiger partial charge in [0, 0.05) is 13.7 Å². The maximum Gasteiger partial charge on any atom is 0.238 e. The van der Waals surface area contributed by atoms with Crippen molar-refractivity contribution in [2.24, 2.45) is 11.7 Å². The second kappa shape index (κ2) is 4.75. The highest BCUT2D eigenvalue weighted by Gasteiger charge is 2.45. The minimum absolute atomic E-state index is 0.224. The van der Waals surface area contributed by atoms with E-state index in [1.165, 1.54) is 0 Å². The van der Waals surface area contributed by atoms with Gasteiger partial charge >= 0.3 is 0 Å². The number of hydrogen-bond donors (Lipinski definition) is 2. The van der Waals surface area contributed by atoms with Crippen molar-refractivity contribution in [2.45, 2.75) is 31.2 Å². The molecule has 4 heteroatoms. The van der Waals surface area contributed by atoms with E-state index in [0.717, 1.165) is 25.7 Å². The third kappa shape index (κ3) is 1.91. The van der Waals surface area contributed by atoms with Gasteiger partial charge in [-0.2, -0.15) is 0 Å². The molecule has 1 fully saturated rings. The molecule has 0 aromatic carbocycles. The number of likely N-dealkylation sites (N-methyl/N-ethyl adjacent to an activating group) is 1. The van der Waals surface area contributed by atoms with E-state index in [4.69, 9.17) is 10.5 Å². The van der Waals surface area contributed by atoms with E-state index in [1.807, 2.05) is 7.05 Å². The normalized spacial score (nSPS) is 32.0. The number of hydrogen-bond acceptors (Lipinski definition) is 3. The molecule has 1 aliphatic rings. The summed E-state index contributed by atoms with van der Waals surface area (Å²) < 4.78 is 5.04. The van der Waals surface area contributed by atoms with Crippen molar-refractivity contribution < 1.29 is 9.53 Å². The highest BCUT2D eigenvalue weighted by molar-refractivity contribution is 5.85. The molecule has 0 radical (unpaired) electrons. The quantitative estimate of drug-likeness (QED) is 0.669. The van der Waals surface area contributed by atoms with Crippen LogP contribution in [0.25, 0.3) is 0 Å². The molecule has 0 spiro atoms. The lowest BCUT2D eigenvalue weighted by Crippen LogP contribution is -2.56. The Labute approximate surface area is 85.2 Å². The molecule has 1 saturated carbocycles. The van der Waals surface area contributed by atoms with E-state index < -0.39 is 5.54 Å². The lowest BCUT2D eigenvalue weighted by molar-refractivity contribution is -0.125. The number of ether oxygens (including phenoxy) is 1. The Morgan fingerprint density at radius 1 is 1.71 bits per heavy atom. The van der Waals surface area contributed by atoms with E-state index in [2.05, 4.69) is 5.32 Å². The van der Waals surface area contributed by atoms with Gasteiger partial charge in [-0.3, -0.25) is 4.79 Å². The Morgan fingerprint density at radius 3 is 2.93 bits per heavy atom. The highest BCUT2D eigenvalue weighted by atomic mass is 16.5. The average Bonchev–Trinajstić information content (AvgIpc) is 2.58. The van der Waals surface area contributed by atoms with Crippen LogP contribution in [0.4, 0.5) is 0 Å². The fourth-order valence-electron chi connectivity index (χ4n) is 2.51. The largest absolute Gasteiger partial charge is 0.385 e. The first kappa shape index (κ1) is 11.5. The predicted octanol–water partition coefficient (Wildman–Crippen LogP) is 0.267. The summed E-state index contributed by atoms with van der Waals surface area (Å²) in [5.41, 5.74) is 4.98. The number of nitrogens with one attached hydrogen (secondary N) is 1. The second-order valence-corrected chi connectivity index (χ2v) is 3.96. The maximum atomic E-state index is 11.4. The molecule has 2 atom stereocenters. The summed E-state index contributed by atoms with van der Waals surface area (Å²) in [5, 5.41) is 3.11. The molecule has 0 saturated heterocycles. The van der Waals surface area contributed by atoms with Crippen molar-refractivity contribution in [1.29, 1.82) is 0 Å². The van der Waals surface area contributed by atoms with Crippen molar-refractivity contribution in [3.63, 3.8) is 0 Å². The number of methoxy groups -OCH3 is 1. The zero-order valence-corrected chi connectivity index (χ0v) is 9.01. The fraction of sp³-hybridized carbons (Fsp3) is 0.900. The number of primary amides is 1. The molecule has 0 aliphatic heterocycles. The summed E-state index contributed by atoms with van der Waals surface area (Å²) in [4.78, 5) is 11.4. The SMILES string of the molecule is CNC1(C(N)=O)CCCC1CCOC. The average molecular weight is 200 g/mol. The Bertz CT molecular complexity index is 208. The van der Waals surface area contributed by atoms with Gasteiger partial charge in [0.05, 0.1) is 0 Å². The number of carbonyl (C=O) groups is 1. The van der Waals surface area contributed by atoms with Crippen molar-refractivity contribution in [3.05, 3.63) is 0 Å². The maximum absolute atomic E-state index is 11.4. The molecule has 1 rings (SSSR count). The van der Waals surface area contributed by atoms with Crippen LogP contribution in [-0.2, 0) is 9.53 Å². The van der Waals surface area contributed by atoms with Crippen LogP contribution in [0.1, 0.15) is 25.7 Å². The van der Waals surface area contributed by atoms with Crippen molar-refractivity contribution >= 4 is 5.91 Å². The zero-order valence-electron chi connectivity index (χ0n) is 9.01. The van der Waals surface area contributed by atoms with E-state index in [9.17, 15) is 4.79 Å². The number of carbonyl (C=O) groups excluding carboxylic acids is 1. The van der Waals surface area contributed by atoms with Gasteiger partial charge < -0.3 is 15.8 Å². The third-order valence-corrected chi connectivity index (χ3v) is 3.38. The molecule has 4 nitrogen and oxygen atoms in total. The first-order chi connectivity index (χ1) is 6.67. The standard InChI is InChI=1S/C10H20N2O2/c1-12-10(9(11)13)6-3-4-8(10)5-7-14-2/h8,12H,3-7H2,1-2H3,(H2,11,13). The number of nitrogens with two attached hydrogens (primary N) is 1. The van der Waals surface area contributed by atoms with Gasteiger partial charge in [0.25, 0.3) is 0 Å². The van der Waals surface area contributed by atoms with Crippen LogP contribution in [0.5, 0.6) is 0 Å². The summed E-state index contributed by atoms with van der Waals surface area (Å²) in [7, 11) is 3.50. The van der Waals surface area contributed by atoms with Crippen LogP contribution < -0.4 is 11.1 Å². The zero-order chi connectivity index (χ0) is 10.6. The van der Waals surface area contributed by atoms with Crippen LogP contribution in [0.3, 0.4) is 0 Å². The summed E-state index contributed by atoms with van der Waals surface area (Å²) in [6.07, 6.45) is 3.89. The first-order valence-electron chi connectivity index (χ1n) is 5.15. The molecule has 14 heavy (non-hydrogen) atoms.